The van der Waals surface area contributed by atoms with Gasteiger partial charge in [-0.3, -0.25) is 4.99 Å². The third-order valence-electron chi connectivity index (χ3n) is 4.69. The second kappa shape index (κ2) is 11.5. The lowest BCUT2D eigenvalue weighted by Gasteiger charge is -2.55. The molecule has 0 bridgehead atoms. The van der Waals surface area contributed by atoms with Gasteiger partial charge in [0.25, 0.3) is 0 Å². The standard InChI is InChI=1S/C16H33N3O2.HI/c1-6-16(7-2)13(12-14(16)21-9-4)19-15(17-8-3)18-10-11-20-5;/h13-14H,6-12H2,1-5H3,(H2,17,18,19);1H. The highest BCUT2D eigenvalue weighted by molar-refractivity contribution is 14.0. The van der Waals surface area contributed by atoms with Crippen LogP contribution in [0.1, 0.15) is 47.0 Å². The topological polar surface area (TPSA) is 54.9 Å². The molecule has 1 saturated carbocycles. The minimum Gasteiger partial charge on any atom is -0.383 e. The van der Waals surface area contributed by atoms with Crippen LogP contribution in [-0.2, 0) is 9.47 Å². The van der Waals surface area contributed by atoms with Gasteiger partial charge in [0.1, 0.15) is 0 Å². The lowest BCUT2D eigenvalue weighted by atomic mass is 9.58. The molecule has 2 unspecified atom stereocenters. The van der Waals surface area contributed by atoms with E-state index in [-0.39, 0.29) is 29.4 Å². The first-order valence-corrected chi connectivity index (χ1v) is 8.33. The molecule has 1 rings (SSSR count). The minimum absolute atomic E-state index is 0. The van der Waals surface area contributed by atoms with Gasteiger partial charge in [0.15, 0.2) is 5.96 Å². The zero-order valence-electron chi connectivity index (χ0n) is 14.8. The Labute approximate surface area is 153 Å². The van der Waals surface area contributed by atoms with E-state index in [2.05, 4.69) is 43.3 Å². The van der Waals surface area contributed by atoms with Crippen LogP contribution in [-0.4, -0.2) is 51.5 Å². The Balaban J connectivity index is 0.00000441. The van der Waals surface area contributed by atoms with E-state index < -0.39 is 0 Å². The highest BCUT2D eigenvalue weighted by Gasteiger charge is 2.53. The summed E-state index contributed by atoms with van der Waals surface area (Å²) in [7, 11) is 1.70. The van der Waals surface area contributed by atoms with Crippen molar-refractivity contribution in [1.82, 2.24) is 10.6 Å². The van der Waals surface area contributed by atoms with Gasteiger partial charge in [-0.1, -0.05) is 13.8 Å². The number of methoxy groups -OCH3 is 1. The monoisotopic (exact) mass is 427 g/mol. The Morgan fingerprint density at radius 1 is 1.23 bits per heavy atom. The number of ether oxygens (including phenoxy) is 2. The van der Waals surface area contributed by atoms with Gasteiger partial charge in [-0.25, -0.2) is 0 Å². The molecule has 1 aliphatic rings. The molecule has 0 spiro atoms. The summed E-state index contributed by atoms with van der Waals surface area (Å²) in [6.07, 6.45) is 3.69. The molecule has 5 nitrogen and oxygen atoms in total. The van der Waals surface area contributed by atoms with Gasteiger partial charge in [0.05, 0.1) is 19.3 Å². The summed E-state index contributed by atoms with van der Waals surface area (Å²) in [5.41, 5.74) is 0.230. The van der Waals surface area contributed by atoms with Crippen molar-refractivity contribution >= 4 is 29.9 Å². The Kier molecular flexibility index (Phi) is 11.4. The molecule has 0 aromatic rings. The fourth-order valence-corrected chi connectivity index (χ4v) is 3.32. The average molecular weight is 427 g/mol. The van der Waals surface area contributed by atoms with Crippen LogP contribution in [0, 0.1) is 5.41 Å². The first-order chi connectivity index (χ1) is 10.2. The summed E-state index contributed by atoms with van der Waals surface area (Å²) in [5, 5.41) is 6.91. The lowest BCUT2D eigenvalue weighted by molar-refractivity contribution is -0.133. The van der Waals surface area contributed by atoms with Crippen molar-refractivity contribution in [2.45, 2.75) is 59.1 Å². The SMILES string of the molecule is CCNC(=NCCOC)NC1CC(OCC)C1(CC)CC.I. The molecule has 6 heteroatoms. The normalized spacial score (nSPS) is 23.4. The molecule has 0 aromatic carbocycles. The molecular weight excluding hydrogens is 393 g/mol. The van der Waals surface area contributed by atoms with Crippen LogP contribution < -0.4 is 10.6 Å². The van der Waals surface area contributed by atoms with E-state index in [0.717, 1.165) is 38.4 Å². The highest BCUT2D eigenvalue weighted by atomic mass is 127. The van der Waals surface area contributed by atoms with E-state index in [1.165, 1.54) is 0 Å². The highest BCUT2D eigenvalue weighted by Crippen LogP contribution is 2.48. The molecule has 0 amide bonds. The smallest absolute Gasteiger partial charge is 0.191 e. The van der Waals surface area contributed by atoms with E-state index in [4.69, 9.17) is 9.47 Å². The number of halogens is 1. The van der Waals surface area contributed by atoms with Crippen molar-refractivity contribution in [2.75, 3.05) is 33.4 Å². The zero-order chi connectivity index (χ0) is 15.7. The molecular formula is C16H34IN3O2. The molecule has 1 fully saturated rings. The fraction of sp³-hybridized carbons (Fsp3) is 0.938. The molecule has 1 aliphatic carbocycles. The summed E-state index contributed by atoms with van der Waals surface area (Å²) in [4.78, 5) is 4.56. The number of hydrogen-bond donors (Lipinski definition) is 2. The van der Waals surface area contributed by atoms with E-state index in [9.17, 15) is 0 Å². The third-order valence-corrected chi connectivity index (χ3v) is 4.69. The Morgan fingerprint density at radius 3 is 2.41 bits per heavy atom. The van der Waals surface area contributed by atoms with Crippen LogP contribution >= 0.6 is 24.0 Å². The Bertz CT molecular complexity index is 323. The lowest BCUT2D eigenvalue weighted by Crippen LogP contribution is -2.65. The summed E-state index contributed by atoms with van der Waals surface area (Å²) in [6, 6.07) is 0.435. The molecule has 2 N–H and O–H groups in total. The van der Waals surface area contributed by atoms with Gasteiger partial charge in [-0.05, 0) is 33.1 Å². The molecule has 2 atom stereocenters. The van der Waals surface area contributed by atoms with Gasteiger partial charge >= 0.3 is 0 Å². The maximum absolute atomic E-state index is 5.93. The average Bonchev–Trinajstić information content (AvgIpc) is 2.48. The maximum Gasteiger partial charge on any atom is 0.191 e. The summed E-state index contributed by atoms with van der Waals surface area (Å²) < 4.78 is 11.0. The quantitative estimate of drug-likeness (QED) is 0.257. The van der Waals surface area contributed by atoms with Gasteiger partial charge < -0.3 is 20.1 Å². The van der Waals surface area contributed by atoms with E-state index in [1.54, 1.807) is 7.11 Å². The predicted molar refractivity (Wildman–Crippen MR) is 103 cm³/mol. The van der Waals surface area contributed by atoms with Crippen molar-refractivity contribution in [3.63, 3.8) is 0 Å². The van der Waals surface area contributed by atoms with Gasteiger partial charge in [-0.15, -0.1) is 24.0 Å². The molecule has 132 valence electrons. The van der Waals surface area contributed by atoms with Crippen molar-refractivity contribution in [2.24, 2.45) is 10.4 Å². The molecule has 0 aliphatic heterocycles. The summed E-state index contributed by atoms with van der Waals surface area (Å²) in [6.45, 7) is 11.7. The largest absolute Gasteiger partial charge is 0.383 e. The van der Waals surface area contributed by atoms with E-state index in [1.807, 2.05) is 0 Å². The van der Waals surface area contributed by atoms with Crippen molar-refractivity contribution < 1.29 is 9.47 Å². The number of nitrogens with zero attached hydrogens (tertiary/aromatic N) is 1. The second-order valence-corrected chi connectivity index (χ2v) is 5.57. The van der Waals surface area contributed by atoms with Crippen LogP contribution in [0.2, 0.25) is 0 Å². The van der Waals surface area contributed by atoms with E-state index >= 15 is 0 Å². The second-order valence-electron chi connectivity index (χ2n) is 5.57. The number of aliphatic imine (C=N–C) groups is 1. The Hall–Kier alpha value is -0.0800. The summed E-state index contributed by atoms with van der Waals surface area (Å²) >= 11 is 0. The van der Waals surface area contributed by atoms with Crippen molar-refractivity contribution in [1.29, 1.82) is 0 Å². The fourth-order valence-electron chi connectivity index (χ4n) is 3.32. The number of guanidine groups is 1. The minimum atomic E-state index is 0. The van der Waals surface area contributed by atoms with Crippen LogP contribution in [0.5, 0.6) is 0 Å². The molecule has 0 saturated heterocycles. The van der Waals surface area contributed by atoms with Crippen LogP contribution in [0.15, 0.2) is 4.99 Å². The first-order valence-electron chi connectivity index (χ1n) is 8.33. The molecule has 0 radical (unpaired) electrons. The predicted octanol–water partition coefficient (Wildman–Crippen LogP) is 2.79. The van der Waals surface area contributed by atoms with Crippen molar-refractivity contribution in [3.05, 3.63) is 0 Å². The van der Waals surface area contributed by atoms with Gasteiger partial charge in [-0.2, -0.15) is 0 Å². The molecule has 22 heavy (non-hydrogen) atoms. The third kappa shape index (κ3) is 5.23. The zero-order valence-corrected chi connectivity index (χ0v) is 17.1. The van der Waals surface area contributed by atoms with Gasteiger partial charge in [0.2, 0.25) is 0 Å². The number of nitrogens with one attached hydrogen (secondary N) is 2. The van der Waals surface area contributed by atoms with Gasteiger partial charge in [0, 0.05) is 31.7 Å². The number of rotatable bonds is 9. The molecule has 0 aromatic heterocycles. The number of hydrogen-bond acceptors (Lipinski definition) is 3. The van der Waals surface area contributed by atoms with Crippen LogP contribution in [0.25, 0.3) is 0 Å². The van der Waals surface area contributed by atoms with E-state index in [0.29, 0.717) is 25.3 Å². The summed E-state index contributed by atoms with van der Waals surface area (Å²) in [5.74, 6) is 0.890. The maximum atomic E-state index is 5.93. The first kappa shape index (κ1) is 21.9. The molecule has 0 heterocycles. The van der Waals surface area contributed by atoms with Crippen LogP contribution in [0.4, 0.5) is 0 Å². The Morgan fingerprint density at radius 2 is 1.91 bits per heavy atom. The van der Waals surface area contributed by atoms with Crippen molar-refractivity contribution in [3.8, 4) is 0 Å². The van der Waals surface area contributed by atoms with Crippen LogP contribution in [0.3, 0.4) is 0 Å².